The van der Waals surface area contributed by atoms with Crippen molar-refractivity contribution in [1.29, 1.82) is 0 Å². The summed E-state index contributed by atoms with van der Waals surface area (Å²) in [5.74, 6) is 0.972. The normalized spacial score (nSPS) is 12.0. The number of rotatable bonds is 3. The first-order valence-corrected chi connectivity index (χ1v) is 8.11. The Morgan fingerprint density at radius 3 is 2.58 bits per heavy atom. The molecule has 1 N–H and O–H groups in total. The van der Waals surface area contributed by atoms with Gasteiger partial charge in [-0.2, -0.15) is 0 Å². The van der Waals surface area contributed by atoms with Crippen molar-refractivity contribution >= 4 is 18.1 Å². The third kappa shape index (κ3) is 2.52. The largest absolute Gasteiger partial charge is 0.497 e. The lowest BCUT2D eigenvalue weighted by molar-refractivity contribution is 0.0696. The fraction of sp³-hybridized carbons (Fsp3) is 0.0455. The van der Waals surface area contributed by atoms with E-state index in [1.54, 1.807) is 25.3 Å². The highest BCUT2D eigenvalue weighted by molar-refractivity contribution is 5.98. The molecule has 1 aliphatic heterocycles. The highest BCUT2D eigenvalue weighted by atomic mass is 16.5. The summed E-state index contributed by atoms with van der Waals surface area (Å²) in [6, 6.07) is 18.2. The molecule has 0 unspecified atom stereocenters. The molecular weight excluding hydrogens is 328 g/mol. The van der Waals surface area contributed by atoms with Crippen molar-refractivity contribution in [2.45, 2.75) is 0 Å². The van der Waals surface area contributed by atoms with Crippen molar-refractivity contribution in [2.75, 3.05) is 7.11 Å². The summed E-state index contributed by atoms with van der Waals surface area (Å²) in [5, 5.41) is 11.3. The van der Waals surface area contributed by atoms with Gasteiger partial charge in [0.1, 0.15) is 17.2 Å². The van der Waals surface area contributed by atoms with E-state index in [4.69, 9.17) is 9.47 Å². The fourth-order valence-electron chi connectivity index (χ4n) is 3.22. The molecule has 4 rings (SSSR count). The van der Waals surface area contributed by atoms with Crippen LogP contribution in [-0.2, 0) is 0 Å². The van der Waals surface area contributed by atoms with Crippen molar-refractivity contribution in [3.63, 3.8) is 0 Å². The van der Waals surface area contributed by atoms with Crippen LogP contribution in [0, 0.1) is 0 Å². The number of ether oxygens (including phenoxy) is 2. The average Bonchev–Trinajstić information content (AvgIpc) is 2.65. The SMILES string of the molecule is C=c1ccc2c(c1)Oc1cc(OC)ccc1C=2c1ccccc1C(=O)O. The van der Waals surface area contributed by atoms with Crippen LogP contribution >= 0.6 is 0 Å². The second kappa shape index (κ2) is 6.08. The molecule has 4 nitrogen and oxygen atoms in total. The number of carbonyl (C=O) groups is 1. The molecule has 0 amide bonds. The minimum atomic E-state index is -0.968. The van der Waals surface area contributed by atoms with E-state index in [1.807, 2.05) is 42.5 Å². The lowest BCUT2D eigenvalue weighted by atomic mass is 9.89. The van der Waals surface area contributed by atoms with E-state index in [0.717, 1.165) is 21.6 Å². The van der Waals surface area contributed by atoms with Crippen LogP contribution in [-0.4, -0.2) is 18.2 Å². The minimum Gasteiger partial charge on any atom is -0.497 e. The van der Waals surface area contributed by atoms with Crippen LogP contribution in [0.1, 0.15) is 21.5 Å². The fourth-order valence-corrected chi connectivity index (χ4v) is 3.22. The maximum absolute atomic E-state index is 11.8. The summed E-state index contributed by atoms with van der Waals surface area (Å²) in [5.41, 5.74) is 2.54. The first kappa shape index (κ1) is 16.0. The molecule has 0 saturated carbocycles. The molecule has 0 fully saturated rings. The number of carboxylic acid groups (broad SMARTS) is 1. The second-order valence-corrected chi connectivity index (χ2v) is 6.02. The van der Waals surface area contributed by atoms with Crippen LogP contribution in [0.5, 0.6) is 17.2 Å². The Bertz CT molecular complexity index is 1150. The van der Waals surface area contributed by atoms with Gasteiger partial charge in [-0.3, -0.25) is 0 Å². The van der Waals surface area contributed by atoms with Crippen molar-refractivity contribution in [1.82, 2.24) is 0 Å². The standard InChI is InChI=1S/C22H16O4/c1-13-7-9-17-19(11-13)26-20-12-14(25-2)8-10-18(20)21(17)15-5-3-4-6-16(15)22(23)24/h3-12H,1H2,2H3,(H,23,24). The predicted octanol–water partition coefficient (Wildman–Crippen LogP) is 3.16. The summed E-state index contributed by atoms with van der Waals surface area (Å²) in [4.78, 5) is 11.8. The van der Waals surface area contributed by atoms with Gasteiger partial charge in [-0.15, -0.1) is 0 Å². The molecule has 0 aromatic heterocycles. The molecule has 0 aliphatic carbocycles. The molecule has 3 aromatic rings. The van der Waals surface area contributed by atoms with E-state index in [1.165, 1.54) is 0 Å². The molecule has 1 aliphatic rings. The summed E-state index contributed by atoms with van der Waals surface area (Å²) >= 11 is 0. The number of methoxy groups -OCH3 is 1. The predicted molar refractivity (Wildman–Crippen MR) is 99.3 cm³/mol. The van der Waals surface area contributed by atoms with Gasteiger partial charge in [0, 0.05) is 22.4 Å². The number of fused-ring (bicyclic) bond motifs is 2. The first-order chi connectivity index (χ1) is 12.6. The zero-order valence-corrected chi connectivity index (χ0v) is 14.2. The van der Waals surface area contributed by atoms with Crippen LogP contribution in [0.15, 0.2) is 60.7 Å². The van der Waals surface area contributed by atoms with Gasteiger partial charge in [-0.25, -0.2) is 4.79 Å². The van der Waals surface area contributed by atoms with Crippen LogP contribution < -0.4 is 19.9 Å². The van der Waals surface area contributed by atoms with Gasteiger partial charge in [0.05, 0.1) is 12.7 Å². The third-order valence-corrected chi connectivity index (χ3v) is 4.42. The van der Waals surface area contributed by atoms with E-state index in [-0.39, 0.29) is 5.56 Å². The zero-order chi connectivity index (χ0) is 18.3. The molecule has 3 aromatic carbocycles. The van der Waals surface area contributed by atoms with Gasteiger partial charge < -0.3 is 14.6 Å². The highest BCUT2D eigenvalue weighted by Crippen LogP contribution is 2.38. The summed E-state index contributed by atoms with van der Waals surface area (Å²) in [6.07, 6.45) is 0. The van der Waals surface area contributed by atoms with Gasteiger partial charge in [0.25, 0.3) is 0 Å². The van der Waals surface area contributed by atoms with Crippen molar-refractivity contribution in [2.24, 2.45) is 0 Å². The number of carboxylic acids is 1. The lowest BCUT2D eigenvalue weighted by Crippen LogP contribution is -2.20. The molecule has 0 atom stereocenters. The van der Waals surface area contributed by atoms with E-state index in [2.05, 4.69) is 6.58 Å². The van der Waals surface area contributed by atoms with Crippen LogP contribution in [0.2, 0.25) is 0 Å². The first-order valence-electron chi connectivity index (χ1n) is 8.11. The molecule has 26 heavy (non-hydrogen) atoms. The molecule has 0 radical (unpaired) electrons. The van der Waals surface area contributed by atoms with Gasteiger partial charge in [0.15, 0.2) is 0 Å². The Hall–Kier alpha value is -3.53. The van der Waals surface area contributed by atoms with E-state index >= 15 is 0 Å². The Kier molecular flexibility index (Phi) is 3.73. The number of hydrogen-bond donors (Lipinski definition) is 1. The molecule has 128 valence electrons. The maximum Gasteiger partial charge on any atom is 0.336 e. The highest BCUT2D eigenvalue weighted by Gasteiger charge is 2.23. The molecule has 0 spiro atoms. The van der Waals surface area contributed by atoms with Gasteiger partial charge in [0.2, 0.25) is 0 Å². The van der Waals surface area contributed by atoms with Crippen molar-refractivity contribution in [3.8, 4) is 17.2 Å². The summed E-state index contributed by atoms with van der Waals surface area (Å²) in [6.45, 7) is 3.95. The number of hydrogen-bond acceptors (Lipinski definition) is 3. The lowest BCUT2D eigenvalue weighted by Gasteiger charge is -2.22. The van der Waals surface area contributed by atoms with Crippen LogP contribution in [0.3, 0.4) is 0 Å². The Balaban J connectivity index is 2.13. The van der Waals surface area contributed by atoms with Gasteiger partial charge in [-0.1, -0.05) is 36.9 Å². The quantitative estimate of drug-likeness (QED) is 0.620. The third-order valence-electron chi connectivity index (χ3n) is 4.42. The molecular formula is C22H16O4. The van der Waals surface area contributed by atoms with Crippen LogP contribution in [0.4, 0.5) is 0 Å². The molecule has 4 heteroatoms. The van der Waals surface area contributed by atoms with Crippen molar-refractivity contribution < 1.29 is 19.4 Å². The minimum absolute atomic E-state index is 0.246. The molecule has 0 saturated heterocycles. The topological polar surface area (TPSA) is 55.8 Å². The number of benzene rings is 3. The maximum atomic E-state index is 11.8. The monoisotopic (exact) mass is 344 g/mol. The Morgan fingerprint density at radius 1 is 1.00 bits per heavy atom. The van der Waals surface area contributed by atoms with Crippen molar-refractivity contribution in [3.05, 3.63) is 87.8 Å². The second-order valence-electron chi connectivity index (χ2n) is 6.02. The molecule has 0 bridgehead atoms. The smallest absolute Gasteiger partial charge is 0.336 e. The Morgan fingerprint density at radius 2 is 1.81 bits per heavy atom. The van der Waals surface area contributed by atoms with Gasteiger partial charge >= 0.3 is 5.97 Å². The van der Waals surface area contributed by atoms with E-state index < -0.39 is 5.97 Å². The summed E-state index contributed by atoms with van der Waals surface area (Å²) < 4.78 is 11.4. The number of aromatic carboxylic acids is 1. The average molecular weight is 344 g/mol. The zero-order valence-electron chi connectivity index (χ0n) is 14.2. The van der Waals surface area contributed by atoms with E-state index in [9.17, 15) is 9.90 Å². The Labute approximate surface area is 150 Å². The summed E-state index contributed by atoms with van der Waals surface area (Å²) in [7, 11) is 1.59. The van der Waals surface area contributed by atoms with Crippen LogP contribution in [0.25, 0.3) is 12.2 Å². The van der Waals surface area contributed by atoms with E-state index in [0.29, 0.717) is 22.8 Å². The molecule has 1 heterocycles. The van der Waals surface area contributed by atoms with Gasteiger partial charge in [-0.05, 0) is 35.0 Å².